The van der Waals surface area contributed by atoms with E-state index in [0.29, 0.717) is 13.2 Å². The number of urea groups is 1. The molecule has 4 rings (SSSR count). The summed E-state index contributed by atoms with van der Waals surface area (Å²) in [7, 11) is 0. The van der Waals surface area contributed by atoms with E-state index in [2.05, 4.69) is 30.4 Å². The second-order valence-corrected chi connectivity index (χ2v) is 9.29. The van der Waals surface area contributed by atoms with Crippen molar-refractivity contribution in [3.05, 3.63) is 83.9 Å². The molecule has 0 saturated heterocycles. The summed E-state index contributed by atoms with van der Waals surface area (Å²) >= 11 is 0. The second-order valence-electron chi connectivity index (χ2n) is 9.29. The van der Waals surface area contributed by atoms with Crippen molar-refractivity contribution in [3.8, 4) is 16.9 Å². The van der Waals surface area contributed by atoms with Gasteiger partial charge in [-0.3, -0.25) is 0 Å². The van der Waals surface area contributed by atoms with Crippen molar-refractivity contribution >= 4 is 11.7 Å². The molecule has 3 aromatic rings. The quantitative estimate of drug-likeness (QED) is 0.305. The molecule has 0 radical (unpaired) electrons. The number of anilines is 1. The molecular weight excluding hydrogens is 458 g/mol. The van der Waals surface area contributed by atoms with Gasteiger partial charge in [-0.15, -0.1) is 0 Å². The fourth-order valence-corrected chi connectivity index (χ4v) is 4.75. The van der Waals surface area contributed by atoms with Gasteiger partial charge in [-0.05, 0) is 48.6 Å². The molecule has 1 heterocycles. The predicted molar refractivity (Wildman–Crippen MR) is 140 cm³/mol. The van der Waals surface area contributed by atoms with E-state index >= 15 is 0 Å². The van der Waals surface area contributed by atoms with Gasteiger partial charge in [0.05, 0.1) is 18.3 Å². The summed E-state index contributed by atoms with van der Waals surface area (Å²) < 4.78 is 33.8. The number of hydrogen-bond donors (Lipinski definition) is 1. The van der Waals surface area contributed by atoms with E-state index in [0.717, 1.165) is 79.5 Å². The zero-order valence-electron chi connectivity index (χ0n) is 20.8. The Hall–Kier alpha value is -3.41. The van der Waals surface area contributed by atoms with Crippen LogP contribution in [0.15, 0.2) is 66.7 Å². The van der Waals surface area contributed by atoms with Crippen molar-refractivity contribution in [2.45, 2.75) is 57.9 Å². The van der Waals surface area contributed by atoms with Gasteiger partial charge in [0, 0.05) is 18.2 Å². The lowest BCUT2D eigenvalue weighted by atomic mass is 9.96. The molecule has 36 heavy (non-hydrogen) atoms. The van der Waals surface area contributed by atoms with Crippen molar-refractivity contribution in [2.75, 3.05) is 18.5 Å². The number of ether oxygens (including phenoxy) is 1. The van der Waals surface area contributed by atoms with Gasteiger partial charge < -0.3 is 15.0 Å². The van der Waals surface area contributed by atoms with Crippen LogP contribution in [0.4, 0.5) is 19.3 Å². The molecule has 0 fully saturated rings. The number of hydrogen-bond acceptors (Lipinski definition) is 2. The predicted octanol–water partition coefficient (Wildman–Crippen LogP) is 8.35. The maximum atomic E-state index is 14.3. The molecule has 0 saturated carbocycles. The molecule has 2 amide bonds. The smallest absolute Gasteiger partial charge is 0.322 e. The minimum Gasteiger partial charge on any atom is -0.493 e. The van der Waals surface area contributed by atoms with Gasteiger partial charge in [0.25, 0.3) is 0 Å². The topological polar surface area (TPSA) is 41.6 Å². The first-order chi connectivity index (χ1) is 17.6. The maximum Gasteiger partial charge on any atom is 0.322 e. The number of nitrogens with one attached hydrogen (secondary N) is 1. The molecule has 1 aliphatic heterocycles. The van der Waals surface area contributed by atoms with Gasteiger partial charge in [-0.1, -0.05) is 75.1 Å². The molecule has 0 aliphatic carbocycles. The highest BCUT2D eigenvalue weighted by atomic mass is 19.1. The van der Waals surface area contributed by atoms with Crippen LogP contribution in [-0.4, -0.2) is 24.1 Å². The minimum atomic E-state index is -0.789. The molecule has 1 N–H and O–H groups in total. The summed E-state index contributed by atoms with van der Waals surface area (Å²) in [5.41, 5.74) is 3.08. The second kappa shape index (κ2) is 12.5. The highest BCUT2D eigenvalue weighted by molar-refractivity contribution is 5.90. The van der Waals surface area contributed by atoms with E-state index in [4.69, 9.17) is 4.74 Å². The Labute approximate surface area is 212 Å². The number of carbonyl (C=O) groups is 1. The average molecular weight is 493 g/mol. The summed E-state index contributed by atoms with van der Waals surface area (Å²) in [6.45, 7) is 3.28. The Balaban J connectivity index is 1.61. The van der Waals surface area contributed by atoms with Gasteiger partial charge in [0.2, 0.25) is 0 Å². The first kappa shape index (κ1) is 25.7. The van der Waals surface area contributed by atoms with E-state index in [1.54, 1.807) is 4.90 Å². The number of unbranched alkanes of at least 4 members (excludes halogenated alkanes) is 4. The normalized spacial score (nSPS) is 14.9. The van der Waals surface area contributed by atoms with Crippen molar-refractivity contribution in [1.29, 1.82) is 0 Å². The number of halogens is 2. The molecule has 0 bridgehead atoms. The number of carbonyl (C=O) groups excluding carboxylic acids is 1. The fourth-order valence-electron chi connectivity index (χ4n) is 4.75. The van der Waals surface area contributed by atoms with Crippen molar-refractivity contribution in [3.63, 3.8) is 0 Å². The molecule has 1 atom stereocenters. The van der Waals surface area contributed by atoms with Crippen molar-refractivity contribution in [2.24, 2.45) is 0 Å². The van der Waals surface area contributed by atoms with Crippen LogP contribution in [0, 0.1) is 11.6 Å². The SMILES string of the molecule is CCCCCCCN(C(=O)Nc1ccc(F)cc1F)C1CCCOc2cc(-c3ccccc3)ccc21. The first-order valence-electron chi connectivity index (χ1n) is 12.9. The minimum absolute atomic E-state index is 0.0260. The fraction of sp³-hybridized carbons (Fsp3) is 0.367. The molecule has 1 unspecified atom stereocenters. The molecule has 0 aromatic heterocycles. The zero-order chi connectivity index (χ0) is 25.3. The van der Waals surface area contributed by atoms with E-state index in [1.807, 2.05) is 30.3 Å². The molecule has 4 nitrogen and oxygen atoms in total. The lowest BCUT2D eigenvalue weighted by molar-refractivity contribution is 0.181. The third-order valence-corrected chi connectivity index (χ3v) is 6.67. The first-order valence-corrected chi connectivity index (χ1v) is 12.9. The van der Waals surface area contributed by atoms with E-state index in [9.17, 15) is 13.6 Å². The Morgan fingerprint density at radius 1 is 0.972 bits per heavy atom. The molecular formula is C30H34F2N2O2. The summed E-state index contributed by atoms with van der Waals surface area (Å²) in [4.78, 5) is 15.3. The Bertz CT molecular complexity index is 1150. The van der Waals surface area contributed by atoms with Crippen LogP contribution in [-0.2, 0) is 0 Å². The standard InChI is InChI=1S/C30H34F2N2O2/c1-2-3-4-5-9-18-34(30(35)33-27-17-15-24(31)21-26(27)32)28-13-10-19-36-29-20-23(14-16-25(28)29)22-11-7-6-8-12-22/h6-8,11-12,14-17,20-21,28H,2-5,9-10,13,18-19H2,1H3,(H,33,35). The van der Waals surface area contributed by atoms with Crippen LogP contribution < -0.4 is 10.1 Å². The van der Waals surface area contributed by atoms with Gasteiger partial charge in [0.15, 0.2) is 0 Å². The molecule has 3 aromatic carbocycles. The third kappa shape index (κ3) is 6.42. The number of nitrogens with zero attached hydrogens (tertiary/aromatic N) is 1. The summed E-state index contributed by atoms with van der Waals surface area (Å²) in [6.07, 6.45) is 6.83. The Kier molecular flexibility index (Phi) is 8.93. The third-order valence-electron chi connectivity index (χ3n) is 6.67. The number of benzene rings is 3. The Morgan fingerprint density at radius 2 is 1.78 bits per heavy atom. The maximum absolute atomic E-state index is 14.3. The van der Waals surface area contributed by atoms with Crippen LogP contribution in [0.3, 0.4) is 0 Å². The van der Waals surface area contributed by atoms with Gasteiger partial charge in [0.1, 0.15) is 17.4 Å². The molecule has 0 spiro atoms. The lowest BCUT2D eigenvalue weighted by Gasteiger charge is -2.32. The lowest BCUT2D eigenvalue weighted by Crippen LogP contribution is -2.39. The summed E-state index contributed by atoms with van der Waals surface area (Å²) in [6, 6.07) is 18.9. The van der Waals surface area contributed by atoms with Crippen molar-refractivity contribution < 1.29 is 18.3 Å². The zero-order valence-corrected chi connectivity index (χ0v) is 20.8. The van der Waals surface area contributed by atoms with Gasteiger partial charge in [-0.2, -0.15) is 0 Å². The van der Waals surface area contributed by atoms with E-state index in [-0.39, 0.29) is 17.8 Å². The van der Waals surface area contributed by atoms with E-state index < -0.39 is 11.6 Å². The highest BCUT2D eigenvalue weighted by Gasteiger charge is 2.29. The summed E-state index contributed by atoms with van der Waals surface area (Å²) in [5.74, 6) is -0.693. The largest absolute Gasteiger partial charge is 0.493 e. The van der Waals surface area contributed by atoms with Crippen LogP contribution in [0.25, 0.3) is 11.1 Å². The Morgan fingerprint density at radius 3 is 2.56 bits per heavy atom. The molecule has 6 heteroatoms. The number of amides is 2. The van der Waals surface area contributed by atoms with Crippen LogP contribution in [0.1, 0.15) is 63.5 Å². The van der Waals surface area contributed by atoms with E-state index in [1.165, 1.54) is 6.07 Å². The highest BCUT2D eigenvalue weighted by Crippen LogP contribution is 2.38. The monoisotopic (exact) mass is 492 g/mol. The summed E-state index contributed by atoms with van der Waals surface area (Å²) in [5, 5.41) is 2.68. The average Bonchev–Trinajstić information content (AvgIpc) is 3.10. The van der Waals surface area contributed by atoms with Crippen LogP contribution in [0.2, 0.25) is 0 Å². The van der Waals surface area contributed by atoms with Gasteiger partial charge in [-0.25, -0.2) is 13.6 Å². The number of fused-ring (bicyclic) bond motifs is 1. The molecule has 1 aliphatic rings. The van der Waals surface area contributed by atoms with Gasteiger partial charge >= 0.3 is 6.03 Å². The van der Waals surface area contributed by atoms with Crippen LogP contribution in [0.5, 0.6) is 5.75 Å². The van der Waals surface area contributed by atoms with Crippen LogP contribution >= 0.6 is 0 Å². The van der Waals surface area contributed by atoms with Crippen molar-refractivity contribution in [1.82, 2.24) is 4.90 Å². The number of rotatable bonds is 9. The molecule has 190 valence electrons.